The van der Waals surface area contributed by atoms with Crippen molar-refractivity contribution in [3.05, 3.63) is 0 Å². The maximum absolute atomic E-state index is 5.89. The van der Waals surface area contributed by atoms with Gasteiger partial charge >= 0.3 is 0 Å². The van der Waals surface area contributed by atoms with Crippen LogP contribution in [0.5, 0.6) is 0 Å². The normalized spacial score (nSPS) is 42.2. The number of fused-ring (bicyclic) bond motifs is 3. The second-order valence-corrected chi connectivity index (χ2v) is 5.26. The lowest BCUT2D eigenvalue weighted by Crippen LogP contribution is -2.56. The molecule has 2 heterocycles. The zero-order valence-corrected chi connectivity index (χ0v) is 8.34. The number of rotatable bonds is 2. The van der Waals surface area contributed by atoms with Crippen molar-refractivity contribution in [3.8, 4) is 0 Å². The average molecular weight is 180 g/mol. The molecule has 0 aromatic rings. The molecule has 74 valence electrons. The number of nitrogens with two attached hydrogens (primary N) is 1. The minimum Gasteiger partial charge on any atom is -0.329 e. The van der Waals surface area contributed by atoms with E-state index in [1.807, 2.05) is 0 Å². The van der Waals surface area contributed by atoms with Crippen LogP contribution in [0.3, 0.4) is 0 Å². The Morgan fingerprint density at radius 2 is 1.85 bits per heavy atom. The van der Waals surface area contributed by atoms with Crippen LogP contribution in [0.2, 0.25) is 0 Å². The van der Waals surface area contributed by atoms with E-state index in [0.29, 0.717) is 5.54 Å². The Labute approximate surface area is 80.5 Å². The summed E-state index contributed by atoms with van der Waals surface area (Å²) in [7, 11) is 0. The van der Waals surface area contributed by atoms with E-state index in [2.05, 4.69) is 4.90 Å². The lowest BCUT2D eigenvalue weighted by molar-refractivity contribution is 0.00593. The summed E-state index contributed by atoms with van der Waals surface area (Å²) in [6.45, 7) is 2.26. The lowest BCUT2D eigenvalue weighted by Gasteiger charge is -2.49. The van der Waals surface area contributed by atoms with Crippen molar-refractivity contribution >= 4 is 0 Å². The third kappa shape index (κ3) is 1.15. The molecule has 2 N–H and O–H groups in total. The maximum Gasteiger partial charge on any atom is 0.0336 e. The first-order valence-corrected chi connectivity index (χ1v) is 5.81. The summed E-state index contributed by atoms with van der Waals surface area (Å²) in [5, 5.41) is 0. The van der Waals surface area contributed by atoms with E-state index in [9.17, 15) is 0 Å². The number of piperidine rings is 2. The minimum atomic E-state index is 0.476. The van der Waals surface area contributed by atoms with Gasteiger partial charge in [0.25, 0.3) is 0 Å². The van der Waals surface area contributed by atoms with Gasteiger partial charge in [-0.15, -0.1) is 0 Å². The molecule has 2 bridgehead atoms. The maximum atomic E-state index is 5.89. The second-order valence-electron chi connectivity index (χ2n) is 5.26. The Morgan fingerprint density at radius 3 is 2.23 bits per heavy atom. The molecule has 4 rings (SSSR count). The third-order valence-electron chi connectivity index (χ3n) is 4.53. The van der Waals surface area contributed by atoms with Crippen molar-refractivity contribution in [2.75, 3.05) is 13.1 Å². The SMILES string of the molecule is NCC1(N2CC3CCC2CC3)CC1. The van der Waals surface area contributed by atoms with Crippen molar-refractivity contribution in [2.45, 2.75) is 50.1 Å². The highest BCUT2D eigenvalue weighted by Gasteiger charge is 2.51. The summed E-state index contributed by atoms with van der Waals surface area (Å²) < 4.78 is 0. The molecule has 4 fully saturated rings. The Kier molecular flexibility index (Phi) is 1.72. The highest BCUT2D eigenvalue weighted by molar-refractivity contribution is 5.09. The predicted molar refractivity (Wildman–Crippen MR) is 53.5 cm³/mol. The van der Waals surface area contributed by atoms with Gasteiger partial charge in [0.05, 0.1) is 0 Å². The highest BCUT2D eigenvalue weighted by Crippen LogP contribution is 2.48. The number of nitrogens with zero attached hydrogens (tertiary/aromatic N) is 1. The summed E-state index contributed by atoms with van der Waals surface area (Å²) in [5.74, 6) is 1.01. The van der Waals surface area contributed by atoms with Crippen molar-refractivity contribution in [1.82, 2.24) is 4.90 Å². The Morgan fingerprint density at radius 1 is 1.15 bits per heavy atom. The van der Waals surface area contributed by atoms with Crippen LogP contribution in [-0.4, -0.2) is 29.6 Å². The van der Waals surface area contributed by atoms with E-state index in [4.69, 9.17) is 5.73 Å². The summed E-state index contributed by atoms with van der Waals surface area (Å²) >= 11 is 0. The zero-order chi connectivity index (χ0) is 8.89. The van der Waals surface area contributed by atoms with Crippen molar-refractivity contribution in [1.29, 1.82) is 0 Å². The van der Waals surface area contributed by atoms with Crippen molar-refractivity contribution in [3.63, 3.8) is 0 Å². The summed E-state index contributed by atoms with van der Waals surface area (Å²) in [4.78, 5) is 2.77. The molecule has 4 aliphatic rings. The number of hydrogen-bond donors (Lipinski definition) is 1. The topological polar surface area (TPSA) is 29.3 Å². The molecule has 2 aliphatic carbocycles. The first kappa shape index (κ1) is 8.25. The highest BCUT2D eigenvalue weighted by atomic mass is 15.3. The van der Waals surface area contributed by atoms with Gasteiger partial charge in [0.1, 0.15) is 0 Å². The molecule has 2 saturated heterocycles. The molecule has 2 heteroatoms. The first-order chi connectivity index (χ1) is 6.34. The van der Waals surface area contributed by atoms with Gasteiger partial charge in [-0.05, 0) is 44.4 Å². The molecule has 0 unspecified atom stereocenters. The van der Waals surface area contributed by atoms with Crippen LogP contribution in [0.1, 0.15) is 38.5 Å². The molecular formula is C11H20N2. The average Bonchev–Trinajstić information content (AvgIpc) is 3.00. The van der Waals surface area contributed by atoms with Crippen LogP contribution < -0.4 is 5.73 Å². The number of hydrogen-bond acceptors (Lipinski definition) is 2. The van der Waals surface area contributed by atoms with Crippen LogP contribution in [0.15, 0.2) is 0 Å². The molecular weight excluding hydrogens is 160 g/mol. The van der Waals surface area contributed by atoms with E-state index in [1.54, 1.807) is 0 Å². The molecule has 0 spiro atoms. The molecule has 2 aliphatic heterocycles. The fourth-order valence-electron chi connectivity index (χ4n) is 3.40. The quantitative estimate of drug-likeness (QED) is 0.695. The first-order valence-electron chi connectivity index (χ1n) is 5.81. The monoisotopic (exact) mass is 180 g/mol. The van der Waals surface area contributed by atoms with E-state index in [0.717, 1.165) is 18.5 Å². The molecule has 13 heavy (non-hydrogen) atoms. The van der Waals surface area contributed by atoms with Gasteiger partial charge in [0.15, 0.2) is 0 Å². The Balaban J connectivity index is 1.78. The second kappa shape index (κ2) is 2.71. The van der Waals surface area contributed by atoms with E-state index >= 15 is 0 Å². The molecule has 0 radical (unpaired) electrons. The molecule has 2 nitrogen and oxygen atoms in total. The standard InChI is InChI=1S/C11H20N2/c12-8-11(5-6-11)13-7-9-1-3-10(13)4-2-9/h9-10H,1-8,12H2. The van der Waals surface area contributed by atoms with Crippen LogP contribution in [-0.2, 0) is 0 Å². The van der Waals surface area contributed by atoms with Crippen LogP contribution in [0.25, 0.3) is 0 Å². The molecule has 0 amide bonds. The van der Waals surface area contributed by atoms with Gasteiger partial charge in [0.2, 0.25) is 0 Å². The van der Waals surface area contributed by atoms with E-state index in [-0.39, 0.29) is 0 Å². The smallest absolute Gasteiger partial charge is 0.0336 e. The Bertz CT molecular complexity index is 202. The Hall–Kier alpha value is -0.0800. The lowest BCUT2D eigenvalue weighted by atomic mass is 9.79. The van der Waals surface area contributed by atoms with Gasteiger partial charge in [-0.3, -0.25) is 4.90 Å². The zero-order valence-electron chi connectivity index (χ0n) is 8.34. The summed E-state index contributed by atoms with van der Waals surface area (Å²) in [6.07, 6.45) is 8.61. The van der Waals surface area contributed by atoms with Crippen molar-refractivity contribution < 1.29 is 0 Å². The van der Waals surface area contributed by atoms with Crippen molar-refractivity contribution in [2.24, 2.45) is 11.7 Å². The largest absolute Gasteiger partial charge is 0.329 e. The molecule has 0 aromatic carbocycles. The van der Waals surface area contributed by atoms with Crippen LogP contribution in [0, 0.1) is 5.92 Å². The predicted octanol–water partition coefficient (Wildman–Crippen LogP) is 1.35. The minimum absolute atomic E-state index is 0.476. The van der Waals surface area contributed by atoms with Gasteiger partial charge in [-0.25, -0.2) is 0 Å². The van der Waals surface area contributed by atoms with Gasteiger partial charge in [-0.2, -0.15) is 0 Å². The van der Waals surface area contributed by atoms with Gasteiger partial charge < -0.3 is 5.73 Å². The van der Waals surface area contributed by atoms with E-state index < -0.39 is 0 Å². The fourth-order valence-corrected chi connectivity index (χ4v) is 3.40. The molecule has 0 aromatic heterocycles. The molecule has 2 saturated carbocycles. The van der Waals surface area contributed by atoms with E-state index in [1.165, 1.54) is 45.1 Å². The third-order valence-corrected chi connectivity index (χ3v) is 4.53. The van der Waals surface area contributed by atoms with Gasteiger partial charge in [-0.1, -0.05) is 0 Å². The van der Waals surface area contributed by atoms with Crippen LogP contribution in [0.4, 0.5) is 0 Å². The molecule has 0 atom stereocenters. The summed E-state index contributed by atoms with van der Waals surface area (Å²) in [5.41, 5.74) is 6.37. The van der Waals surface area contributed by atoms with Crippen LogP contribution >= 0.6 is 0 Å². The summed E-state index contributed by atoms with van der Waals surface area (Å²) in [6, 6.07) is 0.899. The fraction of sp³-hybridized carbons (Fsp3) is 1.00. The van der Waals surface area contributed by atoms with Gasteiger partial charge in [0, 0.05) is 24.7 Å².